The van der Waals surface area contributed by atoms with Crippen LogP contribution in [0, 0.1) is 0 Å². The van der Waals surface area contributed by atoms with Gasteiger partial charge in [0.05, 0.1) is 13.5 Å². The maximum Gasteiger partial charge on any atom is 0.430 e. The second kappa shape index (κ2) is 6.65. The molecule has 1 aromatic carbocycles. The Morgan fingerprint density at radius 2 is 1.57 bits per heavy atom. The highest BCUT2D eigenvalue weighted by atomic mass is 19.4. The van der Waals surface area contributed by atoms with Crippen molar-refractivity contribution in [2.75, 3.05) is 19.0 Å². The number of carbonyl (C=O) groups is 1. The first-order valence-electron chi connectivity index (χ1n) is 6.20. The third-order valence-electron chi connectivity index (χ3n) is 3.01. The first-order valence-corrected chi connectivity index (χ1v) is 6.20. The summed E-state index contributed by atoms with van der Waals surface area (Å²) in [5.41, 5.74) is -6.12. The van der Waals surface area contributed by atoms with Gasteiger partial charge in [0.25, 0.3) is 5.60 Å². The highest BCUT2D eigenvalue weighted by molar-refractivity contribution is 5.69. The Balaban J connectivity index is 2.95. The predicted octanol–water partition coefficient (Wildman–Crippen LogP) is 2.97. The molecule has 0 atom stereocenters. The monoisotopic (exact) mass is 345 g/mol. The molecule has 10 heteroatoms. The average molecular weight is 345 g/mol. The average Bonchev–Trinajstić information content (AvgIpc) is 2.44. The van der Waals surface area contributed by atoms with E-state index in [9.17, 15) is 36.2 Å². The summed E-state index contributed by atoms with van der Waals surface area (Å²) >= 11 is 0. The number of halogens is 6. The van der Waals surface area contributed by atoms with Crippen LogP contribution in [0.3, 0.4) is 0 Å². The molecule has 0 unspecified atom stereocenters. The summed E-state index contributed by atoms with van der Waals surface area (Å²) in [7, 11) is 1.17. The summed E-state index contributed by atoms with van der Waals surface area (Å²) < 4.78 is 80.4. The minimum atomic E-state index is -5.93. The van der Waals surface area contributed by atoms with Crippen LogP contribution < -0.4 is 5.32 Å². The van der Waals surface area contributed by atoms with Crippen molar-refractivity contribution in [3.63, 3.8) is 0 Å². The van der Waals surface area contributed by atoms with Gasteiger partial charge in [-0.1, -0.05) is 12.1 Å². The number of alkyl halides is 6. The maximum absolute atomic E-state index is 12.7. The van der Waals surface area contributed by atoms with Gasteiger partial charge in [-0.15, -0.1) is 0 Å². The van der Waals surface area contributed by atoms with Crippen LogP contribution in [-0.2, 0) is 15.1 Å². The lowest BCUT2D eigenvalue weighted by molar-refractivity contribution is -0.376. The van der Waals surface area contributed by atoms with Gasteiger partial charge in [0, 0.05) is 17.8 Å². The molecule has 0 bridgehead atoms. The number of methoxy groups -OCH3 is 1. The molecule has 0 saturated heterocycles. The van der Waals surface area contributed by atoms with E-state index in [1.165, 1.54) is 7.11 Å². The Bertz CT molecular complexity index is 524. The number of hydrogen-bond acceptors (Lipinski definition) is 4. The molecular formula is C13H13F6NO3. The zero-order chi connectivity index (χ0) is 17.9. The van der Waals surface area contributed by atoms with E-state index in [2.05, 4.69) is 10.1 Å². The van der Waals surface area contributed by atoms with Gasteiger partial charge in [0.2, 0.25) is 0 Å². The van der Waals surface area contributed by atoms with Gasteiger partial charge >= 0.3 is 18.3 Å². The van der Waals surface area contributed by atoms with Crippen molar-refractivity contribution in [2.45, 2.75) is 24.4 Å². The first-order chi connectivity index (χ1) is 10.4. The molecule has 0 fully saturated rings. The van der Waals surface area contributed by atoms with E-state index in [4.69, 9.17) is 0 Å². The maximum atomic E-state index is 12.7. The molecule has 0 heterocycles. The number of anilines is 1. The van der Waals surface area contributed by atoms with Gasteiger partial charge in [-0.25, -0.2) is 0 Å². The van der Waals surface area contributed by atoms with Crippen LogP contribution in [-0.4, -0.2) is 37.1 Å². The van der Waals surface area contributed by atoms with E-state index < -0.39 is 29.5 Å². The quantitative estimate of drug-likeness (QED) is 0.636. The smallest absolute Gasteiger partial charge is 0.430 e. The number of aliphatic hydroxyl groups is 1. The molecule has 0 radical (unpaired) electrons. The second-order valence-electron chi connectivity index (χ2n) is 4.54. The fourth-order valence-electron chi connectivity index (χ4n) is 1.73. The lowest BCUT2D eigenvalue weighted by Crippen LogP contribution is -2.53. The van der Waals surface area contributed by atoms with Gasteiger partial charge in [0.1, 0.15) is 0 Å². The molecule has 0 spiro atoms. The van der Waals surface area contributed by atoms with Gasteiger partial charge in [0.15, 0.2) is 0 Å². The van der Waals surface area contributed by atoms with E-state index in [0.29, 0.717) is 12.1 Å². The first kappa shape index (κ1) is 19.1. The molecule has 0 aliphatic carbocycles. The van der Waals surface area contributed by atoms with Crippen LogP contribution in [0.4, 0.5) is 32.0 Å². The van der Waals surface area contributed by atoms with Crippen molar-refractivity contribution in [2.24, 2.45) is 0 Å². The van der Waals surface area contributed by atoms with Gasteiger partial charge in [-0.3, -0.25) is 4.79 Å². The Kier molecular flexibility index (Phi) is 5.51. The highest BCUT2D eigenvalue weighted by Gasteiger charge is 2.71. The number of esters is 1. The van der Waals surface area contributed by atoms with Crippen molar-refractivity contribution in [3.05, 3.63) is 29.8 Å². The molecule has 0 aliphatic heterocycles. The fraction of sp³-hybridized carbons (Fsp3) is 0.462. The van der Waals surface area contributed by atoms with Gasteiger partial charge < -0.3 is 15.2 Å². The third kappa shape index (κ3) is 4.06. The zero-order valence-electron chi connectivity index (χ0n) is 11.8. The van der Waals surface area contributed by atoms with E-state index in [1.54, 1.807) is 0 Å². The summed E-state index contributed by atoms with van der Waals surface area (Å²) in [5, 5.41) is 11.8. The summed E-state index contributed by atoms with van der Waals surface area (Å²) in [4.78, 5) is 10.9. The standard InChI is InChI=1S/C13H13F6NO3/c1-23-10(21)6-7-20-9-4-2-8(3-5-9)11(22,12(14,15)16)13(17,18)19/h2-5,20,22H,6-7H2,1H3. The lowest BCUT2D eigenvalue weighted by atomic mass is 9.92. The minimum Gasteiger partial charge on any atom is -0.469 e. The lowest BCUT2D eigenvalue weighted by Gasteiger charge is -2.32. The zero-order valence-corrected chi connectivity index (χ0v) is 11.8. The molecule has 2 N–H and O–H groups in total. The molecule has 0 aliphatic rings. The molecule has 130 valence electrons. The molecule has 1 aromatic rings. The summed E-state index contributed by atoms with van der Waals surface area (Å²) in [6.07, 6.45) is -11.9. The van der Waals surface area contributed by atoms with E-state index >= 15 is 0 Å². The van der Waals surface area contributed by atoms with Crippen molar-refractivity contribution in [3.8, 4) is 0 Å². The summed E-state index contributed by atoms with van der Waals surface area (Å²) in [5.74, 6) is -0.530. The molecule has 0 amide bonds. The molecule has 4 nitrogen and oxygen atoms in total. The topological polar surface area (TPSA) is 58.6 Å². The largest absolute Gasteiger partial charge is 0.469 e. The van der Waals surface area contributed by atoms with Crippen molar-refractivity contribution < 1.29 is 41.0 Å². The van der Waals surface area contributed by atoms with Crippen LogP contribution in [0.1, 0.15) is 12.0 Å². The SMILES string of the molecule is COC(=O)CCNc1ccc(C(O)(C(F)(F)F)C(F)(F)F)cc1. The number of hydrogen-bond donors (Lipinski definition) is 2. The van der Waals surface area contributed by atoms with Gasteiger partial charge in [-0.2, -0.15) is 26.3 Å². The molecule has 1 rings (SSSR count). The predicted molar refractivity (Wildman–Crippen MR) is 67.6 cm³/mol. The number of nitrogens with one attached hydrogen (secondary N) is 1. The van der Waals surface area contributed by atoms with Crippen LogP contribution in [0.5, 0.6) is 0 Å². The van der Waals surface area contributed by atoms with Crippen LogP contribution in [0.2, 0.25) is 0 Å². The van der Waals surface area contributed by atoms with Gasteiger partial charge in [-0.05, 0) is 12.1 Å². The Hall–Kier alpha value is -1.97. The second-order valence-corrected chi connectivity index (χ2v) is 4.54. The van der Waals surface area contributed by atoms with Crippen LogP contribution in [0.15, 0.2) is 24.3 Å². The minimum absolute atomic E-state index is 0.0344. The van der Waals surface area contributed by atoms with E-state index in [0.717, 1.165) is 12.1 Å². The molecular weight excluding hydrogens is 332 g/mol. The van der Waals surface area contributed by atoms with Crippen LogP contribution >= 0.6 is 0 Å². The Labute approximate surface area is 127 Å². The number of benzene rings is 1. The third-order valence-corrected chi connectivity index (χ3v) is 3.01. The van der Waals surface area contributed by atoms with Crippen molar-refractivity contribution in [1.82, 2.24) is 0 Å². The highest BCUT2D eigenvalue weighted by Crippen LogP contribution is 2.50. The summed E-state index contributed by atoms with van der Waals surface area (Å²) in [6, 6.07) is 2.91. The summed E-state index contributed by atoms with van der Waals surface area (Å²) in [6.45, 7) is 0.0782. The van der Waals surface area contributed by atoms with E-state index in [-0.39, 0.29) is 18.7 Å². The molecule has 23 heavy (non-hydrogen) atoms. The molecule has 0 saturated carbocycles. The van der Waals surface area contributed by atoms with Crippen molar-refractivity contribution in [1.29, 1.82) is 0 Å². The fourth-order valence-corrected chi connectivity index (χ4v) is 1.73. The Morgan fingerprint density at radius 3 is 1.96 bits per heavy atom. The van der Waals surface area contributed by atoms with Crippen LogP contribution in [0.25, 0.3) is 0 Å². The normalized spacial score (nSPS) is 12.9. The Morgan fingerprint density at radius 1 is 1.09 bits per heavy atom. The number of ether oxygens (including phenoxy) is 1. The van der Waals surface area contributed by atoms with E-state index in [1.807, 2.05) is 0 Å². The number of carbonyl (C=O) groups excluding carboxylic acids is 1. The number of rotatable bonds is 5. The van der Waals surface area contributed by atoms with Crippen molar-refractivity contribution >= 4 is 11.7 Å². The molecule has 0 aromatic heterocycles.